The van der Waals surface area contributed by atoms with E-state index < -0.39 is 0 Å². The van der Waals surface area contributed by atoms with Gasteiger partial charge in [-0.15, -0.1) is 0 Å². The molecule has 7 aromatic carbocycles. The second kappa shape index (κ2) is 17.4. The molecule has 290 valence electrons. The van der Waals surface area contributed by atoms with Crippen LogP contribution in [0.1, 0.15) is 19.4 Å². The summed E-state index contributed by atoms with van der Waals surface area (Å²) in [5, 5.41) is 5.81. The third kappa shape index (κ3) is 7.67. The molecular weight excluding hydrogens is 729 g/mol. The predicted molar refractivity (Wildman–Crippen MR) is 255 cm³/mol. The summed E-state index contributed by atoms with van der Waals surface area (Å²) in [5.41, 5.74) is 16.2. The molecule has 0 atom stereocenters. The lowest BCUT2D eigenvalue weighted by molar-refractivity contribution is 0.976. The van der Waals surface area contributed by atoms with E-state index in [1.165, 1.54) is 49.6 Å². The largest absolute Gasteiger partial charge is 0.387 e. The minimum absolute atomic E-state index is 0.860. The Kier molecular flexibility index (Phi) is 11.0. The summed E-state index contributed by atoms with van der Waals surface area (Å²) in [7, 11) is 0. The van der Waals surface area contributed by atoms with Crippen molar-refractivity contribution < 1.29 is 0 Å². The van der Waals surface area contributed by atoms with Crippen LogP contribution in [0.2, 0.25) is 0 Å². The smallest absolute Gasteiger partial charge is 0.0619 e. The summed E-state index contributed by atoms with van der Waals surface area (Å²) in [5.74, 6) is 0. The average Bonchev–Trinajstić information content (AvgIpc) is 3.67. The number of dihydropyridines is 1. The van der Waals surface area contributed by atoms with Crippen molar-refractivity contribution in [1.82, 2.24) is 14.9 Å². The molecule has 0 fully saturated rings. The first-order chi connectivity index (χ1) is 29.7. The zero-order valence-corrected chi connectivity index (χ0v) is 33.9. The maximum absolute atomic E-state index is 4.21. The molecule has 1 aliphatic rings. The van der Waals surface area contributed by atoms with Crippen molar-refractivity contribution in [3.05, 3.63) is 230 Å². The maximum Gasteiger partial charge on any atom is 0.0619 e. The van der Waals surface area contributed by atoms with E-state index >= 15 is 0 Å². The maximum atomic E-state index is 4.21. The number of anilines is 3. The van der Waals surface area contributed by atoms with Crippen LogP contribution in [0, 0.1) is 0 Å². The Morgan fingerprint density at radius 3 is 1.67 bits per heavy atom. The Labute approximate surface area is 352 Å². The lowest BCUT2D eigenvalue weighted by Crippen LogP contribution is -2.10. The molecule has 60 heavy (non-hydrogen) atoms. The van der Waals surface area contributed by atoms with Crippen LogP contribution in [0.3, 0.4) is 0 Å². The van der Waals surface area contributed by atoms with Gasteiger partial charge in [0.2, 0.25) is 0 Å². The molecule has 1 N–H and O–H groups in total. The van der Waals surface area contributed by atoms with E-state index in [0.29, 0.717) is 0 Å². The van der Waals surface area contributed by atoms with Crippen molar-refractivity contribution in [2.45, 2.75) is 13.8 Å². The molecular formula is C56H46N4. The molecule has 3 heterocycles. The molecule has 4 heteroatoms. The second-order valence-corrected chi connectivity index (χ2v) is 14.8. The zero-order valence-electron chi connectivity index (χ0n) is 33.9. The normalized spacial score (nSPS) is 12.2. The number of rotatable bonds is 8. The minimum Gasteiger partial charge on any atom is -0.387 e. The van der Waals surface area contributed by atoms with Gasteiger partial charge in [-0.25, -0.2) is 0 Å². The van der Waals surface area contributed by atoms with E-state index in [-0.39, 0.29) is 0 Å². The Morgan fingerprint density at radius 1 is 0.517 bits per heavy atom. The Balaban J connectivity index is 0.00000111. The number of pyridine rings is 1. The molecule has 0 unspecified atom stereocenters. The third-order valence-electron chi connectivity index (χ3n) is 11.0. The van der Waals surface area contributed by atoms with E-state index in [1.807, 2.05) is 50.5 Å². The number of nitrogens with zero attached hydrogens (tertiary/aromatic N) is 3. The quantitative estimate of drug-likeness (QED) is 0.156. The van der Waals surface area contributed by atoms with Crippen LogP contribution < -0.4 is 10.2 Å². The first-order valence-electron chi connectivity index (χ1n) is 20.6. The number of para-hydroxylation sites is 2. The van der Waals surface area contributed by atoms with Crippen LogP contribution in [0.5, 0.6) is 0 Å². The molecule has 2 aromatic heterocycles. The van der Waals surface area contributed by atoms with Gasteiger partial charge in [-0.05, 0) is 132 Å². The number of allylic oxidation sites excluding steroid dienone is 4. The van der Waals surface area contributed by atoms with E-state index in [9.17, 15) is 0 Å². The fraction of sp³-hybridized carbons (Fsp3) is 0.0536. The summed E-state index contributed by atoms with van der Waals surface area (Å²) in [4.78, 5) is 6.54. The van der Waals surface area contributed by atoms with E-state index in [4.69, 9.17) is 0 Å². The van der Waals surface area contributed by atoms with Gasteiger partial charge in [0.15, 0.2) is 0 Å². The highest BCUT2D eigenvalue weighted by Crippen LogP contribution is 2.42. The van der Waals surface area contributed by atoms with Crippen molar-refractivity contribution in [2.24, 2.45) is 0 Å². The number of benzene rings is 7. The summed E-state index contributed by atoms with van der Waals surface area (Å²) in [6, 6.07) is 65.7. The standard InChI is InChI=1S/C52H38N4.C4H8/c1-3-10-41(11-4-1)49-34-43(35-50-48-15-7-8-16-51(48)56(52(49)50)44-13-5-2-6-14-44)39-21-27-47(28-22-39)55(45-23-17-37(18-24-45)40-29-32-53-33-30-40)46-25-19-38(20-26-46)42-12-9-31-54-36-42;1-3-4-2/h1-30,32-36,54H,31H2;3-4H,1-2H3/b;4-3-. The highest BCUT2D eigenvalue weighted by molar-refractivity contribution is 6.15. The lowest BCUT2D eigenvalue weighted by atomic mass is 9.95. The van der Waals surface area contributed by atoms with Crippen molar-refractivity contribution in [3.8, 4) is 39.1 Å². The molecule has 0 saturated carbocycles. The molecule has 0 bridgehead atoms. The number of aromatic nitrogens is 2. The van der Waals surface area contributed by atoms with Gasteiger partial charge in [0.05, 0.1) is 11.0 Å². The van der Waals surface area contributed by atoms with Gasteiger partial charge in [0.25, 0.3) is 0 Å². The molecule has 0 spiro atoms. The van der Waals surface area contributed by atoms with Gasteiger partial charge in [-0.2, -0.15) is 0 Å². The van der Waals surface area contributed by atoms with Crippen LogP contribution in [-0.4, -0.2) is 16.1 Å². The Hall–Kier alpha value is -7.69. The number of hydrogen-bond acceptors (Lipinski definition) is 3. The van der Waals surface area contributed by atoms with Gasteiger partial charge in [0, 0.05) is 64.2 Å². The second-order valence-electron chi connectivity index (χ2n) is 14.8. The van der Waals surface area contributed by atoms with Crippen LogP contribution in [0.25, 0.3) is 66.4 Å². The summed E-state index contributed by atoms with van der Waals surface area (Å²) >= 11 is 0. The fourth-order valence-electron chi connectivity index (χ4n) is 8.00. The first-order valence-corrected chi connectivity index (χ1v) is 20.6. The van der Waals surface area contributed by atoms with Crippen molar-refractivity contribution >= 4 is 44.4 Å². The van der Waals surface area contributed by atoms with Crippen molar-refractivity contribution in [3.63, 3.8) is 0 Å². The highest BCUT2D eigenvalue weighted by Gasteiger charge is 2.19. The van der Waals surface area contributed by atoms with Gasteiger partial charge in [0.1, 0.15) is 0 Å². The molecule has 10 rings (SSSR count). The van der Waals surface area contributed by atoms with Crippen molar-refractivity contribution in [2.75, 3.05) is 11.4 Å². The first kappa shape index (κ1) is 37.9. The SMILES string of the molecule is C/C=C\C.C1=CC(c2ccc(N(c3ccc(-c4ccncc4)cc3)c3ccc(-c4cc(-c5ccccc5)c5c(c4)c4ccccc4n5-c4ccccc4)cc3)cc2)=CNC1. The molecule has 0 saturated heterocycles. The van der Waals surface area contributed by atoms with E-state index in [2.05, 4.69) is 208 Å². The predicted octanol–water partition coefficient (Wildman–Crippen LogP) is 14.7. The van der Waals surface area contributed by atoms with Crippen LogP contribution in [-0.2, 0) is 0 Å². The lowest BCUT2D eigenvalue weighted by Gasteiger charge is -2.26. The molecule has 4 nitrogen and oxygen atoms in total. The van der Waals surface area contributed by atoms with E-state index in [1.54, 1.807) is 0 Å². The van der Waals surface area contributed by atoms with Gasteiger partial charge in [-0.1, -0.05) is 127 Å². The molecule has 9 aromatic rings. The summed E-state index contributed by atoms with van der Waals surface area (Å²) in [6.07, 6.45) is 14.1. The van der Waals surface area contributed by atoms with Gasteiger partial charge in [-0.3, -0.25) is 4.98 Å². The molecule has 0 amide bonds. The topological polar surface area (TPSA) is 33.1 Å². The van der Waals surface area contributed by atoms with Crippen LogP contribution in [0.4, 0.5) is 17.1 Å². The fourth-order valence-corrected chi connectivity index (χ4v) is 8.00. The third-order valence-corrected chi connectivity index (χ3v) is 11.0. The van der Waals surface area contributed by atoms with Crippen LogP contribution >= 0.6 is 0 Å². The van der Waals surface area contributed by atoms with Crippen LogP contribution in [0.15, 0.2) is 225 Å². The zero-order chi connectivity index (χ0) is 40.7. The van der Waals surface area contributed by atoms with E-state index in [0.717, 1.165) is 46.0 Å². The number of nitrogens with one attached hydrogen (secondary N) is 1. The molecule has 0 radical (unpaired) electrons. The Morgan fingerprint density at radius 2 is 1.07 bits per heavy atom. The highest BCUT2D eigenvalue weighted by atomic mass is 15.1. The van der Waals surface area contributed by atoms with Crippen molar-refractivity contribution in [1.29, 1.82) is 0 Å². The average molecular weight is 775 g/mol. The van der Waals surface area contributed by atoms with Gasteiger partial charge < -0.3 is 14.8 Å². The minimum atomic E-state index is 0.860. The Bertz CT molecular complexity index is 2940. The van der Waals surface area contributed by atoms with Gasteiger partial charge >= 0.3 is 0 Å². The monoisotopic (exact) mass is 774 g/mol. The molecule has 0 aliphatic carbocycles. The number of fused-ring (bicyclic) bond motifs is 3. The molecule has 1 aliphatic heterocycles. The summed E-state index contributed by atoms with van der Waals surface area (Å²) < 4.78 is 2.42. The number of hydrogen-bond donors (Lipinski definition) is 1. The summed E-state index contributed by atoms with van der Waals surface area (Å²) in [6.45, 7) is 4.86.